The quantitative estimate of drug-likeness (QED) is 0.0306. The van der Waals surface area contributed by atoms with Crippen molar-refractivity contribution in [1.29, 1.82) is 0 Å². The maximum absolute atomic E-state index is 12.4. The largest absolute Gasteiger partial charge is 0.481 e. The molecule has 0 heterocycles. The summed E-state index contributed by atoms with van der Waals surface area (Å²) >= 11 is 0.326. The van der Waals surface area contributed by atoms with Gasteiger partial charge in [0, 0.05) is 35.8 Å². The molecule has 0 fully saturated rings. The molecule has 0 aromatic rings. The van der Waals surface area contributed by atoms with E-state index in [2.05, 4.69) is 25.5 Å². The highest BCUT2D eigenvalue weighted by Gasteiger charge is 2.29. The van der Waals surface area contributed by atoms with Crippen LogP contribution in [0.4, 0.5) is 0 Å². The molecule has 0 saturated carbocycles. The molecule has 10 N–H and O–H groups in total. The van der Waals surface area contributed by atoms with Crippen LogP contribution in [-0.2, 0) is 28.8 Å². The molecule has 0 bridgehead atoms. The van der Waals surface area contributed by atoms with E-state index in [0.29, 0.717) is 18.4 Å². The number of nitrogens with two attached hydrogens (primary N) is 2. The highest BCUT2D eigenvalue weighted by molar-refractivity contribution is 7.97. The number of nitroso groups, excluding NO2 is 1. The predicted molar refractivity (Wildman–Crippen MR) is 123 cm³/mol. The zero-order valence-corrected chi connectivity index (χ0v) is 19.5. The fourth-order valence-corrected chi connectivity index (χ4v) is 2.93. The molecule has 0 aliphatic heterocycles. The molecule has 0 aromatic carbocycles. The highest BCUT2D eigenvalue weighted by Crippen LogP contribution is 2.05. The summed E-state index contributed by atoms with van der Waals surface area (Å²) in [5.41, 5.74) is 10.4. The molecule has 0 radical (unpaired) electrons. The minimum Gasteiger partial charge on any atom is -0.481 e. The van der Waals surface area contributed by atoms with Crippen molar-refractivity contribution in [3.05, 3.63) is 4.91 Å². The average Bonchev–Trinajstić information content (AvgIpc) is 2.75. The first-order chi connectivity index (χ1) is 16.4. The highest BCUT2D eigenvalue weighted by atomic mass is 32.2. The number of carboxylic acids is 2. The van der Waals surface area contributed by atoms with E-state index in [1.807, 2.05) is 5.32 Å². The number of hydrogen-bond donors (Lipinski definition) is 8. The average molecular weight is 521 g/mol. The van der Waals surface area contributed by atoms with Crippen molar-refractivity contribution >= 4 is 53.5 Å². The summed E-state index contributed by atoms with van der Waals surface area (Å²) in [5, 5.41) is 26.8. The Morgan fingerprint density at radius 3 is 2.11 bits per heavy atom. The fraction of sp³-hybridized carbons (Fsp3) is 0.588. The standard InChI is InChI=1S/C17H28N8O9S/c1-8(26)22-9(3-2-4-20-17(18)19)14(30)21-6-12(27)23-10(5-13(28)29)15(31)24-11(16(32)33)7-35-25-34/h9-11H,2-7H2,1H3,(H,21,30)(H,22,26)(H,23,27)(H,24,31)(H,28,29)(H,32,33)(H4,18,19,20)/t9-,10-,11-/m0/s1. The summed E-state index contributed by atoms with van der Waals surface area (Å²) in [6.07, 6.45) is -0.430. The normalized spacial score (nSPS) is 12.7. The lowest BCUT2D eigenvalue weighted by Gasteiger charge is -2.20. The van der Waals surface area contributed by atoms with Gasteiger partial charge in [-0.05, 0) is 12.8 Å². The van der Waals surface area contributed by atoms with Gasteiger partial charge in [0.15, 0.2) is 5.96 Å². The van der Waals surface area contributed by atoms with E-state index in [0.717, 1.165) is 0 Å². The Kier molecular flexibility index (Phi) is 14.7. The van der Waals surface area contributed by atoms with E-state index >= 15 is 0 Å². The van der Waals surface area contributed by atoms with Gasteiger partial charge in [-0.3, -0.25) is 29.0 Å². The number of guanidine groups is 1. The zero-order chi connectivity index (χ0) is 27.0. The maximum atomic E-state index is 12.4. The smallest absolute Gasteiger partial charge is 0.327 e. The molecule has 0 saturated heterocycles. The van der Waals surface area contributed by atoms with Crippen molar-refractivity contribution in [1.82, 2.24) is 21.3 Å². The Balaban J connectivity index is 5.05. The van der Waals surface area contributed by atoms with Crippen molar-refractivity contribution in [2.75, 3.05) is 18.8 Å². The van der Waals surface area contributed by atoms with Crippen molar-refractivity contribution < 1.29 is 39.0 Å². The van der Waals surface area contributed by atoms with Crippen molar-refractivity contribution in [2.24, 2.45) is 21.0 Å². The maximum Gasteiger partial charge on any atom is 0.327 e. The van der Waals surface area contributed by atoms with Gasteiger partial charge in [-0.1, -0.05) is 0 Å². The molecule has 0 aromatic heterocycles. The van der Waals surface area contributed by atoms with E-state index in [-0.39, 0.29) is 18.9 Å². The van der Waals surface area contributed by atoms with Crippen LogP contribution in [0.2, 0.25) is 0 Å². The first-order valence-electron chi connectivity index (χ1n) is 9.96. The second-order valence-corrected chi connectivity index (χ2v) is 7.65. The van der Waals surface area contributed by atoms with Gasteiger partial charge in [0.05, 0.1) is 13.0 Å². The number of amides is 4. The second-order valence-electron chi connectivity index (χ2n) is 6.91. The van der Waals surface area contributed by atoms with Gasteiger partial charge in [0.25, 0.3) is 0 Å². The van der Waals surface area contributed by atoms with Gasteiger partial charge in [0.1, 0.15) is 18.1 Å². The van der Waals surface area contributed by atoms with Crippen LogP contribution in [0.1, 0.15) is 26.2 Å². The van der Waals surface area contributed by atoms with E-state index < -0.39 is 72.4 Å². The molecule has 17 nitrogen and oxygen atoms in total. The number of carboxylic acid groups (broad SMARTS) is 2. The number of hydrogen-bond acceptors (Lipinski definition) is 10. The Morgan fingerprint density at radius 1 is 0.943 bits per heavy atom. The number of nitrogens with zero attached hydrogens (tertiary/aromatic N) is 2. The van der Waals surface area contributed by atoms with Gasteiger partial charge < -0.3 is 42.9 Å². The molecule has 0 rings (SSSR count). The van der Waals surface area contributed by atoms with Gasteiger partial charge in [-0.25, -0.2) is 4.79 Å². The fourth-order valence-electron chi connectivity index (χ4n) is 2.49. The minimum absolute atomic E-state index is 0.137. The Morgan fingerprint density at radius 2 is 1.60 bits per heavy atom. The third-order valence-corrected chi connectivity index (χ3v) is 4.59. The van der Waals surface area contributed by atoms with Crippen LogP contribution >= 0.6 is 11.9 Å². The number of rotatable bonds is 17. The summed E-state index contributed by atoms with van der Waals surface area (Å²) in [6, 6.07) is -4.28. The lowest BCUT2D eigenvalue weighted by Crippen LogP contribution is -2.55. The lowest BCUT2D eigenvalue weighted by molar-refractivity contribution is -0.143. The molecular weight excluding hydrogens is 492 g/mol. The number of carbonyl (C=O) groups excluding carboxylic acids is 4. The molecule has 0 spiro atoms. The number of nitrogens with one attached hydrogen (secondary N) is 4. The van der Waals surface area contributed by atoms with Crippen LogP contribution in [0.5, 0.6) is 0 Å². The van der Waals surface area contributed by atoms with Crippen LogP contribution in [0.25, 0.3) is 0 Å². The molecule has 0 unspecified atom stereocenters. The van der Waals surface area contributed by atoms with Crippen LogP contribution in [0.15, 0.2) is 9.57 Å². The van der Waals surface area contributed by atoms with E-state index in [9.17, 15) is 33.7 Å². The molecule has 0 aliphatic rings. The van der Waals surface area contributed by atoms with Crippen molar-refractivity contribution in [3.63, 3.8) is 0 Å². The monoisotopic (exact) mass is 520 g/mol. The molecule has 18 heteroatoms. The van der Waals surface area contributed by atoms with Gasteiger partial charge in [0.2, 0.25) is 23.6 Å². The summed E-state index contributed by atoms with van der Waals surface area (Å²) in [7, 11) is 0. The van der Waals surface area contributed by atoms with Crippen LogP contribution in [0.3, 0.4) is 0 Å². The predicted octanol–water partition coefficient (Wildman–Crippen LogP) is -3.40. The van der Waals surface area contributed by atoms with E-state index in [1.54, 1.807) is 0 Å². The number of aliphatic imine (C=N–C) groups is 1. The summed E-state index contributed by atoms with van der Waals surface area (Å²) in [4.78, 5) is 84.4. The van der Waals surface area contributed by atoms with Crippen LogP contribution in [-0.4, -0.2) is 88.7 Å². The lowest BCUT2D eigenvalue weighted by atomic mass is 10.1. The van der Waals surface area contributed by atoms with Crippen LogP contribution in [0, 0.1) is 4.91 Å². The number of aliphatic carboxylic acids is 2. The van der Waals surface area contributed by atoms with Gasteiger partial charge in [-0.2, -0.15) is 0 Å². The first-order valence-corrected chi connectivity index (χ1v) is 10.9. The Hall–Kier alpha value is -3.96. The zero-order valence-electron chi connectivity index (χ0n) is 18.7. The Labute approximate surface area is 203 Å². The van der Waals surface area contributed by atoms with E-state index in [1.165, 1.54) is 6.92 Å². The van der Waals surface area contributed by atoms with Gasteiger partial charge in [-0.15, -0.1) is 4.91 Å². The third-order valence-electron chi connectivity index (χ3n) is 4.00. The Bertz CT molecular complexity index is 834. The summed E-state index contributed by atoms with van der Waals surface area (Å²) in [5.74, 6) is -6.89. The molecule has 35 heavy (non-hydrogen) atoms. The third kappa shape index (κ3) is 14.7. The molecule has 4 amide bonds. The van der Waals surface area contributed by atoms with Crippen molar-refractivity contribution in [3.8, 4) is 0 Å². The molecule has 0 aliphatic carbocycles. The SMILES string of the molecule is CC(=O)N[C@@H](CCCN=C(N)N)C(=O)NCC(=O)N[C@@H](CC(=O)O)C(=O)N[C@@H](CSN=O)C(=O)O. The molecular formula is C17H28N8O9S. The first kappa shape index (κ1) is 31.0. The second kappa shape index (κ2) is 16.6. The minimum atomic E-state index is -1.68. The van der Waals surface area contributed by atoms with Crippen molar-refractivity contribution in [2.45, 2.75) is 44.3 Å². The summed E-state index contributed by atoms with van der Waals surface area (Å²) < 4.78 is 2.42. The molecule has 196 valence electrons. The number of carbonyl (C=O) groups is 6. The topological polar surface area (TPSA) is 285 Å². The summed E-state index contributed by atoms with van der Waals surface area (Å²) in [6.45, 7) is 0.697. The van der Waals surface area contributed by atoms with Crippen LogP contribution < -0.4 is 32.7 Å². The molecule has 3 atom stereocenters. The van der Waals surface area contributed by atoms with E-state index in [4.69, 9.17) is 21.7 Å². The van der Waals surface area contributed by atoms with Gasteiger partial charge >= 0.3 is 11.9 Å².